The van der Waals surface area contributed by atoms with Gasteiger partial charge in [0.25, 0.3) is 0 Å². The van der Waals surface area contributed by atoms with Crippen molar-refractivity contribution in [2.45, 2.75) is 514 Å². The third-order valence-electron chi connectivity index (χ3n) is 22.7. The molecule has 0 radical (unpaired) electrons. The molecule has 0 spiro atoms. The van der Waals surface area contributed by atoms with Crippen molar-refractivity contribution < 1.29 is 54.8 Å². The second-order valence-corrected chi connectivity index (χ2v) is 36.5. The molecule has 0 aliphatic rings. The summed E-state index contributed by atoms with van der Waals surface area (Å²) in [6.45, 7) is 28.7. The first-order valence-electron chi connectivity index (χ1n) is 45.7. The van der Waals surface area contributed by atoms with Crippen molar-refractivity contribution in [3.63, 3.8) is 0 Å². The molecule has 11 heteroatoms. The molecule has 8 nitrogen and oxygen atoms in total. The molecule has 0 fully saturated rings. The van der Waals surface area contributed by atoms with E-state index in [-0.39, 0.29) is 32.9 Å². The van der Waals surface area contributed by atoms with Gasteiger partial charge in [0, 0.05) is 16.5 Å². The molecule has 106 heavy (non-hydrogen) atoms. The number of rotatable bonds is 73. The molecule has 0 aliphatic carbocycles. The third-order valence-corrected chi connectivity index (χ3v) is 24.6. The fourth-order valence-electron chi connectivity index (χ4n) is 17.0. The van der Waals surface area contributed by atoms with E-state index in [1.807, 2.05) is 12.1 Å². The quantitative estimate of drug-likeness (QED) is 0.0297. The SMILES string of the molecule is C=CCc1c(O)c(C(CC=C)(CCCCCCCCCCC)CC(C)(C)C)c(CCCCCCCCCCCC)c(CCCCCCCCCCCC)c1S(=O)(=O)[O-].CCCCCCCCCCCCc1ccc(S(=O)(=O)[O-])c(CCCCCCCCCCCC)c1CCCCCCCCCCCC.[O]=[Ti+2]. The Kier molecular flexibility index (Phi) is 68.5. The van der Waals surface area contributed by atoms with Crippen LogP contribution in [0.5, 0.6) is 5.75 Å². The van der Waals surface area contributed by atoms with Crippen LogP contribution in [-0.4, -0.2) is 31.0 Å². The fraction of sp³-hybridized carbons (Fsp3) is 0.832. The molecule has 0 bridgehead atoms. The number of hydrogen-bond acceptors (Lipinski definition) is 8. The Morgan fingerprint density at radius 2 is 0.623 bits per heavy atom. The van der Waals surface area contributed by atoms with E-state index in [0.717, 1.165) is 146 Å². The third kappa shape index (κ3) is 51.6. The molecule has 0 aliphatic heterocycles. The monoisotopic (exact) mass is 1550 g/mol. The average Bonchev–Trinajstić information content (AvgIpc) is 0.731. The summed E-state index contributed by atoms with van der Waals surface area (Å²) in [6.07, 6.45) is 84.1. The summed E-state index contributed by atoms with van der Waals surface area (Å²) < 4.78 is 85.8. The zero-order valence-corrected chi connectivity index (χ0v) is 74.6. The van der Waals surface area contributed by atoms with Crippen LogP contribution in [0, 0.1) is 5.41 Å². The van der Waals surface area contributed by atoms with Gasteiger partial charge in [-0.1, -0.05) is 427 Å². The van der Waals surface area contributed by atoms with Crippen molar-refractivity contribution >= 4 is 20.2 Å². The Morgan fingerprint density at radius 1 is 0.349 bits per heavy atom. The average molecular weight is 1550 g/mol. The summed E-state index contributed by atoms with van der Waals surface area (Å²) >= 11 is 0.750. The minimum atomic E-state index is -4.87. The first-order valence-corrected chi connectivity index (χ1v) is 49.1. The molecule has 0 saturated heterocycles. The van der Waals surface area contributed by atoms with Crippen LogP contribution in [0.4, 0.5) is 0 Å². The second-order valence-electron chi connectivity index (χ2n) is 33.8. The van der Waals surface area contributed by atoms with Crippen LogP contribution in [0.3, 0.4) is 0 Å². The van der Waals surface area contributed by atoms with Gasteiger partial charge in [-0.3, -0.25) is 0 Å². The van der Waals surface area contributed by atoms with E-state index in [9.17, 15) is 31.0 Å². The van der Waals surface area contributed by atoms with Gasteiger partial charge in [0.2, 0.25) is 0 Å². The minimum absolute atomic E-state index is 0.0326. The van der Waals surface area contributed by atoms with Crippen LogP contribution in [-0.2, 0) is 87.9 Å². The van der Waals surface area contributed by atoms with Crippen molar-refractivity contribution in [2.24, 2.45) is 5.41 Å². The predicted octanol–water partition coefficient (Wildman–Crippen LogP) is 31.0. The number of unbranched alkanes of at least 4 members (excludes halogenated alkanes) is 53. The van der Waals surface area contributed by atoms with Crippen molar-refractivity contribution in [1.82, 2.24) is 0 Å². The van der Waals surface area contributed by atoms with Gasteiger partial charge in [0.1, 0.15) is 26.0 Å². The molecule has 0 amide bonds. The normalized spacial score (nSPS) is 12.5. The number of phenols is 1. The molecule has 2 aromatic carbocycles. The van der Waals surface area contributed by atoms with Crippen molar-refractivity contribution in [3.8, 4) is 5.75 Å². The molecule has 1 N–H and O–H groups in total. The molecule has 616 valence electrons. The van der Waals surface area contributed by atoms with E-state index in [1.54, 1.807) is 12.1 Å². The van der Waals surface area contributed by atoms with Crippen molar-refractivity contribution in [2.75, 3.05) is 0 Å². The van der Waals surface area contributed by atoms with Gasteiger partial charge in [-0.05, 0) is 129 Å². The Bertz CT molecular complexity index is 2630. The number of phenolic OH excluding ortho intramolecular Hbond substituents is 1. The van der Waals surface area contributed by atoms with Crippen LogP contribution in [0.25, 0.3) is 0 Å². The van der Waals surface area contributed by atoms with Gasteiger partial charge in [0.05, 0.1) is 9.79 Å². The molecule has 0 saturated carbocycles. The van der Waals surface area contributed by atoms with Gasteiger partial charge in [-0.2, -0.15) is 0 Å². The van der Waals surface area contributed by atoms with E-state index in [2.05, 4.69) is 75.5 Å². The van der Waals surface area contributed by atoms with Gasteiger partial charge in [-0.25, -0.2) is 16.8 Å². The van der Waals surface area contributed by atoms with Crippen LogP contribution >= 0.6 is 0 Å². The maximum absolute atomic E-state index is 13.4. The van der Waals surface area contributed by atoms with E-state index in [4.69, 9.17) is 3.32 Å². The topological polar surface area (TPSA) is 152 Å². The van der Waals surface area contributed by atoms with Crippen LogP contribution in [0.15, 0.2) is 47.2 Å². The second kappa shape index (κ2) is 69.7. The van der Waals surface area contributed by atoms with Crippen LogP contribution in [0.2, 0.25) is 0 Å². The molecule has 0 heterocycles. The summed E-state index contributed by atoms with van der Waals surface area (Å²) in [7, 11) is -9.35. The van der Waals surface area contributed by atoms with Gasteiger partial charge < -0.3 is 14.2 Å². The number of benzene rings is 2. The van der Waals surface area contributed by atoms with Crippen LogP contribution < -0.4 is 0 Å². The van der Waals surface area contributed by atoms with E-state index in [1.165, 1.54) is 313 Å². The zero-order valence-electron chi connectivity index (χ0n) is 71.4. The molecule has 0 aromatic heterocycles. The zero-order chi connectivity index (χ0) is 78.7. The molecular formula is C95H172O8S2Ti. The number of hydrogen-bond donors (Lipinski definition) is 1. The molecule has 2 rings (SSSR count). The maximum atomic E-state index is 13.4. The number of aromatic hydroxyl groups is 1. The van der Waals surface area contributed by atoms with Crippen molar-refractivity contribution in [1.29, 1.82) is 0 Å². The standard InChI is InChI=1S/C53H96O4S.C42H78O3S.O.Ti/c1-9-14-17-20-23-26-28-31-34-37-41-46-47(42-38-35-32-29-27-24-21-18-15-10-2)51(58(55,56)57)48(40-12-4)50(54)49(46)53(43-13-5,45-52(6,7)8)44-39-36-33-30-25-22-19-16-11-3;1-4-7-10-13-16-19-22-25-28-31-34-39-37-38-42(46(43,44)45)41(36-33-30-27-24-21-18-15-12-9-6-3)40(39)35-32-29-26-23-20-17-14-11-8-5-2;;/h12-13,54H,4-5,9-11,14-45H2,1-3,6-8H3,(H,55,56,57);37-38H,4-36H2,1-3H3,(H,43,44,45);;/q;;;+2/p-2. The molecule has 1 unspecified atom stereocenters. The number of allylic oxidation sites excluding steroid dienone is 2. The first kappa shape index (κ1) is 104. The van der Waals surface area contributed by atoms with Gasteiger partial charge in [0.15, 0.2) is 0 Å². The number of aryl methyl sites for hydroxylation is 1. The Labute approximate surface area is 671 Å². The van der Waals surface area contributed by atoms with E-state index >= 15 is 0 Å². The van der Waals surface area contributed by atoms with E-state index < -0.39 is 25.7 Å². The summed E-state index contributed by atoms with van der Waals surface area (Å²) in [5.41, 5.74) is 5.76. The molecule has 2 aromatic rings. The summed E-state index contributed by atoms with van der Waals surface area (Å²) in [4.78, 5) is -0.0877. The van der Waals surface area contributed by atoms with Crippen molar-refractivity contribution in [3.05, 3.63) is 76.4 Å². The summed E-state index contributed by atoms with van der Waals surface area (Å²) in [6, 6.07) is 3.65. The van der Waals surface area contributed by atoms with Gasteiger partial charge in [-0.15, -0.1) is 13.2 Å². The Balaban J connectivity index is 0.00000208. The summed E-state index contributed by atoms with van der Waals surface area (Å²) in [5.74, 6) is 0.0326. The van der Waals surface area contributed by atoms with E-state index in [0.29, 0.717) is 24.8 Å². The van der Waals surface area contributed by atoms with Crippen LogP contribution in [0.1, 0.15) is 499 Å². The summed E-state index contributed by atoms with van der Waals surface area (Å²) in [5, 5.41) is 12.6. The fourth-order valence-corrected chi connectivity index (χ4v) is 18.8. The predicted molar refractivity (Wildman–Crippen MR) is 455 cm³/mol. The Morgan fingerprint density at radius 3 is 0.906 bits per heavy atom. The van der Waals surface area contributed by atoms with Gasteiger partial charge >= 0.3 is 23.7 Å². The molecular weight excluding hydrogens is 1380 g/mol. The molecule has 1 atom stereocenters. The first-order chi connectivity index (χ1) is 51.3. The Hall–Kier alpha value is -1.95.